The SMILES string of the molecule is Cc1cc(OCC(=O)NC[C@H]2C[NH+](Cc3ccccc3)CCO2)ccc1Cl. The molecule has 1 aliphatic heterocycles. The molecule has 0 aliphatic carbocycles. The molecular weight excluding hydrogens is 364 g/mol. The summed E-state index contributed by atoms with van der Waals surface area (Å²) in [5, 5.41) is 3.59. The van der Waals surface area contributed by atoms with Crippen molar-refractivity contribution in [3.05, 3.63) is 64.7 Å². The number of benzene rings is 2. The average Bonchev–Trinajstić information content (AvgIpc) is 2.68. The molecule has 1 heterocycles. The lowest BCUT2D eigenvalue weighted by Gasteiger charge is -2.30. The van der Waals surface area contributed by atoms with E-state index < -0.39 is 0 Å². The van der Waals surface area contributed by atoms with Crippen LogP contribution < -0.4 is 15.0 Å². The molecule has 144 valence electrons. The molecule has 0 bridgehead atoms. The van der Waals surface area contributed by atoms with Crippen LogP contribution in [0.2, 0.25) is 5.02 Å². The number of carbonyl (C=O) groups excluding carboxylic acids is 1. The van der Waals surface area contributed by atoms with Gasteiger partial charge in [-0.25, -0.2) is 0 Å². The second-order valence-electron chi connectivity index (χ2n) is 6.86. The Morgan fingerprint density at radius 3 is 2.89 bits per heavy atom. The first-order valence-corrected chi connectivity index (χ1v) is 9.62. The molecule has 27 heavy (non-hydrogen) atoms. The lowest BCUT2D eigenvalue weighted by molar-refractivity contribution is -0.925. The molecule has 1 unspecified atom stereocenters. The second-order valence-corrected chi connectivity index (χ2v) is 7.27. The summed E-state index contributed by atoms with van der Waals surface area (Å²) in [4.78, 5) is 13.5. The standard InChI is InChI=1S/C21H25ClN2O3/c1-16-11-18(7-8-20(16)22)27-15-21(25)23-12-19-14-24(9-10-26-19)13-17-5-3-2-4-6-17/h2-8,11,19H,9-10,12-15H2,1H3,(H,23,25)/p+1/t19-/m0/s1. The van der Waals surface area contributed by atoms with Crippen molar-refractivity contribution in [2.45, 2.75) is 19.6 Å². The lowest BCUT2D eigenvalue weighted by Crippen LogP contribution is -3.13. The molecule has 0 radical (unpaired) electrons. The smallest absolute Gasteiger partial charge is 0.258 e. The van der Waals surface area contributed by atoms with E-state index in [1.165, 1.54) is 10.5 Å². The minimum absolute atomic E-state index is 0.0195. The third-order valence-corrected chi connectivity index (χ3v) is 5.07. The van der Waals surface area contributed by atoms with Crippen molar-refractivity contribution in [2.24, 2.45) is 0 Å². The van der Waals surface area contributed by atoms with E-state index in [0.29, 0.717) is 23.9 Å². The van der Waals surface area contributed by atoms with Crippen LogP contribution >= 0.6 is 11.6 Å². The molecule has 1 fully saturated rings. The first-order valence-electron chi connectivity index (χ1n) is 9.25. The van der Waals surface area contributed by atoms with Crippen LogP contribution in [-0.2, 0) is 16.1 Å². The molecule has 3 rings (SSSR count). The van der Waals surface area contributed by atoms with Crippen LogP contribution in [0.5, 0.6) is 5.75 Å². The van der Waals surface area contributed by atoms with Crippen LogP contribution in [0.3, 0.4) is 0 Å². The summed E-state index contributed by atoms with van der Waals surface area (Å²) in [6.45, 7) is 5.94. The van der Waals surface area contributed by atoms with Gasteiger partial charge in [0.1, 0.15) is 31.5 Å². The Bertz CT molecular complexity index is 754. The Kier molecular flexibility index (Phi) is 7.10. The van der Waals surface area contributed by atoms with E-state index in [4.69, 9.17) is 21.1 Å². The Hall–Kier alpha value is -2.08. The molecule has 1 amide bonds. The van der Waals surface area contributed by atoms with Gasteiger partial charge in [0, 0.05) is 17.1 Å². The summed E-state index contributed by atoms with van der Waals surface area (Å²) in [5.74, 6) is 0.487. The fourth-order valence-corrected chi connectivity index (χ4v) is 3.28. The van der Waals surface area contributed by atoms with E-state index >= 15 is 0 Å². The monoisotopic (exact) mass is 389 g/mol. The molecule has 6 heteroatoms. The van der Waals surface area contributed by atoms with Crippen LogP contribution in [0.4, 0.5) is 0 Å². The number of halogens is 1. The van der Waals surface area contributed by atoms with Gasteiger partial charge in [0.15, 0.2) is 6.61 Å². The minimum Gasteiger partial charge on any atom is -0.484 e. The third kappa shape index (κ3) is 6.24. The van der Waals surface area contributed by atoms with Crippen LogP contribution in [0, 0.1) is 6.92 Å². The van der Waals surface area contributed by atoms with Crippen molar-refractivity contribution < 1.29 is 19.2 Å². The van der Waals surface area contributed by atoms with Crippen molar-refractivity contribution in [3.63, 3.8) is 0 Å². The highest BCUT2D eigenvalue weighted by Crippen LogP contribution is 2.20. The fraction of sp³-hybridized carbons (Fsp3) is 0.381. The first-order chi connectivity index (χ1) is 13.1. The Labute approximate surface area is 165 Å². The number of rotatable bonds is 7. The lowest BCUT2D eigenvalue weighted by atomic mass is 10.2. The highest BCUT2D eigenvalue weighted by molar-refractivity contribution is 6.31. The van der Waals surface area contributed by atoms with Gasteiger partial charge < -0.3 is 19.7 Å². The molecule has 1 saturated heterocycles. The van der Waals surface area contributed by atoms with Crippen molar-refractivity contribution in [3.8, 4) is 5.75 Å². The maximum atomic E-state index is 12.1. The van der Waals surface area contributed by atoms with Gasteiger partial charge in [0.2, 0.25) is 0 Å². The number of carbonyl (C=O) groups is 1. The predicted octanol–water partition coefficient (Wildman–Crippen LogP) is 1.63. The number of hydrogen-bond donors (Lipinski definition) is 2. The quantitative estimate of drug-likeness (QED) is 0.756. The van der Waals surface area contributed by atoms with Gasteiger partial charge in [-0.05, 0) is 30.7 Å². The number of quaternary nitrogens is 1. The Morgan fingerprint density at radius 2 is 2.11 bits per heavy atom. The number of hydrogen-bond acceptors (Lipinski definition) is 3. The van der Waals surface area contributed by atoms with Crippen molar-refractivity contribution in [2.75, 3.05) is 32.8 Å². The third-order valence-electron chi connectivity index (χ3n) is 4.65. The zero-order chi connectivity index (χ0) is 19.1. The number of aryl methyl sites for hydroxylation is 1. The largest absolute Gasteiger partial charge is 0.484 e. The summed E-state index contributed by atoms with van der Waals surface area (Å²) < 4.78 is 11.3. The van der Waals surface area contributed by atoms with Crippen molar-refractivity contribution >= 4 is 17.5 Å². The maximum Gasteiger partial charge on any atom is 0.258 e. The number of amides is 1. The van der Waals surface area contributed by atoms with Crippen LogP contribution in [-0.4, -0.2) is 44.9 Å². The van der Waals surface area contributed by atoms with Crippen molar-refractivity contribution in [1.82, 2.24) is 5.32 Å². The number of nitrogens with one attached hydrogen (secondary N) is 2. The molecule has 0 aromatic heterocycles. The Morgan fingerprint density at radius 1 is 1.30 bits per heavy atom. The van der Waals surface area contributed by atoms with Crippen LogP contribution in [0.15, 0.2) is 48.5 Å². The van der Waals surface area contributed by atoms with Gasteiger partial charge in [0.05, 0.1) is 6.61 Å². The van der Waals surface area contributed by atoms with E-state index in [1.807, 2.05) is 19.1 Å². The van der Waals surface area contributed by atoms with Gasteiger partial charge in [0.25, 0.3) is 5.91 Å². The van der Waals surface area contributed by atoms with Gasteiger partial charge in [-0.3, -0.25) is 4.79 Å². The Balaban J connectivity index is 1.39. The van der Waals surface area contributed by atoms with E-state index in [1.54, 1.807) is 12.1 Å². The molecule has 2 N–H and O–H groups in total. The molecule has 2 aromatic rings. The summed E-state index contributed by atoms with van der Waals surface area (Å²) in [6, 6.07) is 15.8. The summed E-state index contributed by atoms with van der Waals surface area (Å²) in [5.41, 5.74) is 2.25. The summed E-state index contributed by atoms with van der Waals surface area (Å²) >= 11 is 5.99. The van der Waals surface area contributed by atoms with E-state index in [0.717, 1.165) is 25.2 Å². The maximum absolute atomic E-state index is 12.1. The van der Waals surface area contributed by atoms with Crippen molar-refractivity contribution in [1.29, 1.82) is 0 Å². The molecule has 1 aliphatic rings. The topological polar surface area (TPSA) is 52.0 Å². The first kappa shape index (κ1) is 19.7. The zero-order valence-corrected chi connectivity index (χ0v) is 16.3. The molecule has 0 spiro atoms. The molecule has 5 nitrogen and oxygen atoms in total. The average molecular weight is 390 g/mol. The predicted molar refractivity (Wildman–Crippen MR) is 105 cm³/mol. The number of morpholine rings is 1. The summed E-state index contributed by atoms with van der Waals surface area (Å²) in [7, 11) is 0. The van der Waals surface area contributed by atoms with Gasteiger partial charge in [-0.2, -0.15) is 0 Å². The van der Waals surface area contributed by atoms with Gasteiger partial charge in [-0.15, -0.1) is 0 Å². The molecular formula is C21H26ClN2O3+. The van der Waals surface area contributed by atoms with E-state index in [2.05, 4.69) is 29.6 Å². The zero-order valence-electron chi connectivity index (χ0n) is 15.5. The van der Waals surface area contributed by atoms with Gasteiger partial charge in [-0.1, -0.05) is 41.9 Å². The second kappa shape index (κ2) is 9.74. The minimum atomic E-state index is -0.151. The van der Waals surface area contributed by atoms with E-state index in [-0.39, 0.29) is 18.6 Å². The highest BCUT2D eigenvalue weighted by Gasteiger charge is 2.24. The molecule has 0 saturated carbocycles. The summed E-state index contributed by atoms with van der Waals surface area (Å²) in [6.07, 6.45) is 0.0270. The van der Waals surface area contributed by atoms with Gasteiger partial charge >= 0.3 is 0 Å². The molecule has 2 atom stereocenters. The van der Waals surface area contributed by atoms with Crippen LogP contribution in [0.25, 0.3) is 0 Å². The normalized spacial score (nSPS) is 19.5. The van der Waals surface area contributed by atoms with E-state index in [9.17, 15) is 4.79 Å². The highest BCUT2D eigenvalue weighted by atomic mass is 35.5. The molecule has 2 aromatic carbocycles. The fourth-order valence-electron chi connectivity index (χ4n) is 3.16. The number of ether oxygens (including phenoxy) is 2. The van der Waals surface area contributed by atoms with Crippen LogP contribution in [0.1, 0.15) is 11.1 Å².